The molecular formula is C29H32ClN5O6S. The first-order chi connectivity index (χ1) is 19.6. The first-order valence-electron chi connectivity index (χ1n) is 13.0. The topological polar surface area (TPSA) is 155 Å². The van der Waals surface area contributed by atoms with Crippen molar-refractivity contribution >= 4 is 44.9 Å². The highest BCUT2D eigenvalue weighted by molar-refractivity contribution is 7.90. The predicted octanol–water partition coefficient (Wildman–Crippen LogP) is 4.84. The molecule has 4 rings (SSSR count). The Labute approximate surface area is 250 Å². The number of amides is 1. The van der Waals surface area contributed by atoms with Gasteiger partial charge in [0.25, 0.3) is 0 Å². The van der Waals surface area contributed by atoms with Gasteiger partial charge in [0.2, 0.25) is 5.95 Å². The molecule has 1 atom stereocenters. The van der Waals surface area contributed by atoms with Crippen molar-refractivity contribution < 1.29 is 27.8 Å². The Morgan fingerprint density at radius 3 is 2.64 bits per heavy atom. The molecule has 1 amide bonds. The van der Waals surface area contributed by atoms with Crippen molar-refractivity contribution in [3.63, 3.8) is 0 Å². The Balaban J connectivity index is 1.70. The maximum Gasteiger partial charge on any atom is 0.414 e. The maximum absolute atomic E-state index is 13.1. The molecule has 1 aliphatic rings. The number of hydrogen-bond acceptors (Lipinski definition) is 10. The van der Waals surface area contributed by atoms with E-state index in [-0.39, 0.29) is 37.0 Å². The molecule has 2 aromatic carbocycles. The molecule has 11 nitrogen and oxygen atoms in total. The van der Waals surface area contributed by atoms with E-state index in [2.05, 4.69) is 21.4 Å². The monoisotopic (exact) mass is 613 g/mol. The molecule has 0 saturated heterocycles. The largest absolute Gasteiger partial charge is 0.490 e. The number of rotatable bonds is 8. The number of nitrogens with one attached hydrogen (secondary N) is 1. The zero-order chi connectivity index (χ0) is 30.9. The molecule has 13 heteroatoms. The molecule has 42 heavy (non-hydrogen) atoms. The zero-order valence-electron chi connectivity index (χ0n) is 23.9. The summed E-state index contributed by atoms with van der Waals surface area (Å²) < 4.78 is 34.3. The van der Waals surface area contributed by atoms with E-state index in [4.69, 9.17) is 21.1 Å². The van der Waals surface area contributed by atoms with Gasteiger partial charge >= 0.3 is 6.09 Å². The Morgan fingerprint density at radius 1 is 1.26 bits per heavy atom. The first-order valence-corrected chi connectivity index (χ1v) is 15.5. The minimum absolute atomic E-state index is 0.0496. The molecule has 0 radical (unpaired) electrons. The average Bonchev–Trinajstić information content (AvgIpc) is 3.21. The summed E-state index contributed by atoms with van der Waals surface area (Å²) in [6.45, 7) is 6.92. The summed E-state index contributed by atoms with van der Waals surface area (Å²) in [7, 11) is -3.21. The van der Waals surface area contributed by atoms with Gasteiger partial charge < -0.3 is 19.9 Å². The molecular weight excluding hydrogens is 582 g/mol. The SMILES string of the molecule is CC(C)(C)OC(=O)N1C[C@](C)(CO)c2cc(-c3ccnc(Nc4cc(Cl)ccc4OCCS(C)(=O)=O)n3)cc(C#N)c21. The van der Waals surface area contributed by atoms with Crippen LogP contribution in [0.4, 0.5) is 22.1 Å². The number of aliphatic hydroxyl groups is 1. The van der Waals surface area contributed by atoms with Crippen LogP contribution in [0.15, 0.2) is 42.6 Å². The van der Waals surface area contributed by atoms with E-state index in [1.165, 1.54) is 11.1 Å². The molecule has 1 aliphatic heterocycles. The van der Waals surface area contributed by atoms with E-state index in [0.29, 0.717) is 39.0 Å². The van der Waals surface area contributed by atoms with Gasteiger partial charge in [-0.2, -0.15) is 5.26 Å². The molecule has 1 aromatic heterocycles. The standard InChI is InChI=1S/C29H32ClN5O6S/c1-28(2,3)41-27(37)35-16-29(4,17-36)21-13-18(12-19(15-31)25(21)35)22-8-9-32-26(33-22)34-23-14-20(30)6-7-24(23)40-10-11-42(5,38)39/h6-9,12-14,36H,10-11,16-17H2,1-5H3,(H,32,33,34)/t29-/m1/s1. The highest BCUT2D eigenvalue weighted by Gasteiger charge is 2.44. The van der Waals surface area contributed by atoms with Crippen LogP contribution in [0, 0.1) is 11.3 Å². The minimum Gasteiger partial charge on any atom is -0.490 e. The summed E-state index contributed by atoms with van der Waals surface area (Å²) in [6, 6.07) is 12.1. The lowest BCUT2D eigenvalue weighted by molar-refractivity contribution is 0.0575. The van der Waals surface area contributed by atoms with Crippen molar-refractivity contribution in [2.75, 3.05) is 42.0 Å². The van der Waals surface area contributed by atoms with Crippen LogP contribution in [0.1, 0.15) is 38.8 Å². The summed E-state index contributed by atoms with van der Waals surface area (Å²) in [6.07, 6.45) is 2.07. The van der Waals surface area contributed by atoms with E-state index >= 15 is 0 Å². The van der Waals surface area contributed by atoms with E-state index in [0.717, 1.165) is 6.26 Å². The summed E-state index contributed by atoms with van der Waals surface area (Å²) in [5, 5.41) is 23.9. The lowest BCUT2D eigenvalue weighted by atomic mass is 9.83. The fourth-order valence-corrected chi connectivity index (χ4v) is 5.03. The van der Waals surface area contributed by atoms with Crippen molar-refractivity contribution in [2.24, 2.45) is 0 Å². The third-order valence-electron chi connectivity index (χ3n) is 6.47. The second-order valence-electron chi connectivity index (χ2n) is 11.3. The van der Waals surface area contributed by atoms with Crippen LogP contribution >= 0.6 is 11.6 Å². The fraction of sp³-hybridized carbons (Fsp3) is 0.379. The van der Waals surface area contributed by atoms with E-state index in [1.54, 1.807) is 51.1 Å². The number of hydrogen-bond donors (Lipinski definition) is 2. The molecule has 0 spiro atoms. The maximum atomic E-state index is 13.1. The van der Waals surface area contributed by atoms with Crippen LogP contribution in [-0.4, -0.2) is 67.0 Å². The summed E-state index contributed by atoms with van der Waals surface area (Å²) in [5.41, 5.74) is 1.15. The molecule has 0 aliphatic carbocycles. The number of carbonyl (C=O) groups is 1. The number of fused-ring (bicyclic) bond motifs is 1. The van der Waals surface area contributed by atoms with Gasteiger partial charge in [0.05, 0.1) is 35.0 Å². The highest BCUT2D eigenvalue weighted by atomic mass is 35.5. The normalized spacial score (nSPS) is 16.5. The second kappa shape index (κ2) is 11.8. The van der Waals surface area contributed by atoms with E-state index in [1.807, 2.05) is 13.0 Å². The van der Waals surface area contributed by atoms with Crippen LogP contribution < -0.4 is 15.0 Å². The van der Waals surface area contributed by atoms with Crippen molar-refractivity contribution in [3.05, 3.63) is 58.7 Å². The van der Waals surface area contributed by atoms with Crippen LogP contribution in [0.25, 0.3) is 11.3 Å². The smallest absolute Gasteiger partial charge is 0.414 e. The first kappa shape index (κ1) is 31.0. The van der Waals surface area contributed by atoms with Crippen molar-refractivity contribution in [1.29, 1.82) is 5.26 Å². The van der Waals surface area contributed by atoms with Gasteiger partial charge in [-0.15, -0.1) is 0 Å². The number of nitrogens with zero attached hydrogens (tertiary/aromatic N) is 4. The van der Waals surface area contributed by atoms with Crippen molar-refractivity contribution in [2.45, 2.75) is 38.7 Å². The van der Waals surface area contributed by atoms with E-state index < -0.39 is 26.9 Å². The van der Waals surface area contributed by atoms with Gasteiger partial charge in [-0.1, -0.05) is 18.5 Å². The lowest BCUT2D eigenvalue weighted by Crippen LogP contribution is -2.40. The molecule has 0 unspecified atom stereocenters. The Kier molecular flexibility index (Phi) is 8.68. The fourth-order valence-electron chi connectivity index (χ4n) is 4.47. The number of benzene rings is 2. The predicted molar refractivity (Wildman–Crippen MR) is 160 cm³/mol. The molecule has 3 aromatic rings. The molecule has 0 fully saturated rings. The minimum atomic E-state index is -3.21. The Bertz CT molecular complexity index is 1670. The number of anilines is 3. The summed E-state index contributed by atoms with van der Waals surface area (Å²) in [5.74, 6) is 0.406. The Morgan fingerprint density at radius 2 is 2.00 bits per heavy atom. The van der Waals surface area contributed by atoms with Crippen molar-refractivity contribution in [3.8, 4) is 23.1 Å². The van der Waals surface area contributed by atoms with Crippen LogP contribution in [0.2, 0.25) is 5.02 Å². The molecule has 2 heterocycles. The third kappa shape index (κ3) is 7.10. The van der Waals surface area contributed by atoms with Gasteiger partial charge in [0, 0.05) is 35.0 Å². The molecule has 2 N–H and O–H groups in total. The average molecular weight is 614 g/mol. The van der Waals surface area contributed by atoms with Gasteiger partial charge in [-0.3, -0.25) is 4.90 Å². The van der Waals surface area contributed by atoms with Crippen LogP contribution in [0.5, 0.6) is 5.75 Å². The zero-order valence-corrected chi connectivity index (χ0v) is 25.5. The summed E-state index contributed by atoms with van der Waals surface area (Å²) in [4.78, 5) is 23.4. The molecule has 222 valence electrons. The van der Waals surface area contributed by atoms with Crippen LogP contribution in [0.3, 0.4) is 0 Å². The Hall–Kier alpha value is -3.92. The van der Waals surface area contributed by atoms with Crippen molar-refractivity contribution in [1.82, 2.24) is 9.97 Å². The third-order valence-corrected chi connectivity index (χ3v) is 7.61. The number of carbonyl (C=O) groups excluding carboxylic acids is 1. The van der Waals surface area contributed by atoms with Gasteiger partial charge in [0.15, 0.2) is 9.84 Å². The second-order valence-corrected chi connectivity index (χ2v) is 14.0. The number of sulfone groups is 1. The number of ether oxygens (including phenoxy) is 2. The number of halogens is 1. The van der Waals surface area contributed by atoms with E-state index in [9.17, 15) is 23.6 Å². The molecule has 0 saturated carbocycles. The van der Waals surface area contributed by atoms with Gasteiger partial charge in [-0.05, 0) is 62.7 Å². The molecule has 0 bridgehead atoms. The number of aromatic nitrogens is 2. The van der Waals surface area contributed by atoms with Crippen LogP contribution in [-0.2, 0) is 20.0 Å². The van der Waals surface area contributed by atoms with Gasteiger partial charge in [-0.25, -0.2) is 23.2 Å². The quantitative estimate of drug-likeness (QED) is 0.360. The lowest BCUT2D eigenvalue weighted by Gasteiger charge is -2.26. The number of aliphatic hydroxyl groups excluding tert-OH is 1. The number of nitriles is 1. The van der Waals surface area contributed by atoms with Gasteiger partial charge in [0.1, 0.15) is 24.0 Å². The summed E-state index contributed by atoms with van der Waals surface area (Å²) >= 11 is 6.19. The highest BCUT2D eigenvalue weighted by Crippen LogP contribution is 2.45.